The van der Waals surface area contributed by atoms with Crippen LogP contribution in [0, 0.1) is 17.2 Å². The highest BCUT2D eigenvalue weighted by molar-refractivity contribution is 5.74. The summed E-state index contributed by atoms with van der Waals surface area (Å²) in [5.74, 6) is 0.325. The first kappa shape index (κ1) is 14.4. The maximum atomic E-state index is 12.0. The van der Waals surface area contributed by atoms with Gasteiger partial charge in [-0.05, 0) is 36.5 Å². The van der Waals surface area contributed by atoms with E-state index < -0.39 is 0 Å². The first-order chi connectivity index (χ1) is 9.72. The van der Waals surface area contributed by atoms with Crippen LogP contribution in [-0.2, 0) is 6.54 Å². The van der Waals surface area contributed by atoms with Gasteiger partial charge in [-0.1, -0.05) is 12.1 Å². The molecular weight excluding hydrogens is 254 g/mol. The number of hydrogen-bond donors (Lipinski definition) is 2. The van der Waals surface area contributed by atoms with E-state index in [1.807, 2.05) is 12.1 Å². The van der Waals surface area contributed by atoms with Crippen LogP contribution in [0.3, 0.4) is 0 Å². The van der Waals surface area contributed by atoms with Crippen molar-refractivity contribution in [3.05, 3.63) is 35.4 Å². The minimum atomic E-state index is -0.0799. The minimum Gasteiger partial charge on any atom is -0.396 e. The number of piperidine rings is 1. The molecular formula is C15H19N3O2. The van der Waals surface area contributed by atoms with Crippen molar-refractivity contribution < 1.29 is 9.90 Å². The second-order valence-electron chi connectivity index (χ2n) is 5.08. The zero-order chi connectivity index (χ0) is 14.4. The Bertz CT molecular complexity index is 502. The Morgan fingerprint density at radius 1 is 1.45 bits per heavy atom. The van der Waals surface area contributed by atoms with Gasteiger partial charge in [0.25, 0.3) is 0 Å². The smallest absolute Gasteiger partial charge is 0.317 e. The number of likely N-dealkylation sites (tertiary alicyclic amines) is 1. The molecule has 1 fully saturated rings. The molecule has 2 N–H and O–H groups in total. The van der Waals surface area contributed by atoms with Gasteiger partial charge in [0.05, 0.1) is 11.6 Å². The molecule has 1 aromatic carbocycles. The van der Waals surface area contributed by atoms with Crippen LogP contribution in [-0.4, -0.2) is 35.7 Å². The standard InChI is InChI=1S/C15H19N3O2/c16-9-13-2-1-3-14(8-13)10-17-15(20)18-6-4-12(11-19)5-7-18/h1-3,8,12,19H,4-7,10-11H2,(H,17,20). The highest BCUT2D eigenvalue weighted by Gasteiger charge is 2.21. The summed E-state index contributed by atoms with van der Waals surface area (Å²) in [6, 6.07) is 9.22. The minimum absolute atomic E-state index is 0.0799. The van der Waals surface area contributed by atoms with Crippen LogP contribution in [0.5, 0.6) is 0 Å². The van der Waals surface area contributed by atoms with Crippen LogP contribution in [0.4, 0.5) is 4.79 Å². The van der Waals surface area contributed by atoms with Crippen molar-refractivity contribution in [1.82, 2.24) is 10.2 Å². The summed E-state index contributed by atoms with van der Waals surface area (Å²) in [5, 5.41) is 20.8. The zero-order valence-corrected chi connectivity index (χ0v) is 11.4. The molecule has 0 unspecified atom stereocenters. The molecule has 0 radical (unpaired) electrons. The topological polar surface area (TPSA) is 76.4 Å². The molecule has 1 aromatic rings. The third kappa shape index (κ3) is 3.72. The van der Waals surface area contributed by atoms with Gasteiger partial charge in [-0.25, -0.2) is 4.79 Å². The first-order valence-electron chi connectivity index (χ1n) is 6.85. The lowest BCUT2D eigenvalue weighted by atomic mass is 9.98. The number of rotatable bonds is 3. The molecule has 5 nitrogen and oxygen atoms in total. The summed E-state index contributed by atoms with van der Waals surface area (Å²) in [5.41, 5.74) is 1.52. The summed E-state index contributed by atoms with van der Waals surface area (Å²) in [7, 11) is 0. The lowest BCUT2D eigenvalue weighted by Gasteiger charge is -2.31. The van der Waals surface area contributed by atoms with E-state index in [4.69, 9.17) is 10.4 Å². The molecule has 0 saturated carbocycles. The van der Waals surface area contributed by atoms with Crippen molar-refractivity contribution in [2.75, 3.05) is 19.7 Å². The van der Waals surface area contributed by atoms with E-state index in [0.29, 0.717) is 31.1 Å². The Labute approximate surface area is 118 Å². The number of aliphatic hydroxyl groups excluding tert-OH is 1. The largest absolute Gasteiger partial charge is 0.396 e. The van der Waals surface area contributed by atoms with Gasteiger partial charge in [0.2, 0.25) is 0 Å². The number of benzene rings is 1. The quantitative estimate of drug-likeness (QED) is 0.875. The van der Waals surface area contributed by atoms with Gasteiger partial charge in [-0.2, -0.15) is 5.26 Å². The molecule has 2 amide bonds. The van der Waals surface area contributed by atoms with Gasteiger partial charge >= 0.3 is 6.03 Å². The monoisotopic (exact) mass is 273 g/mol. The van der Waals surface area contributed by atoms with Crippen LogP contribution in [0.25, 0.3) is 0 Å². The number of amides is 2. The van der Waals surface area contributed by atoms with Crippen molar-refractivity contribution in [2.45, 2.75) is 19.4 Å². The van der Waals surface area contributed by atoms with Gasteiger partial charge in [0.15, 0.2) is 0 Å². The van der Waals surface area contributed by atoms with E-state index in [1.54, 1.807) is 17.0 Å². The normalized spacial score (nSPS) is 15.7. The van der Waals surface area contributed by atoms with Gasteiger partial charge in [0.1, 0.15) is 0 Å². The van der Waals surface area contributed by atoms with Crippen LogP contribution < -0.4 is 5.32 Å². The van der Waals surface area contributed by atoms with Crippen molar-refractivity contribution in [3.63, 3.8) is 0 Å². The number of urea groups is 1. The maximum Gasteiger partial charge on any atom is 0.317 e. The molecule has 0 aromatic heterocycles. The van der Waals surface area contributed by atoms with E-state index in [1.165, 1.54) is 0 Å². The molecule has 5 heteroatoms. The fourth-order valence-corrected chi connectivity index (χ4v) is 2.36. The second kappa shape index (κ2) is 6.92. The second-order valence-corrected chi connectivity index (χ2v) is 5.08. The number of nitrogens with zero attached hydrogens (tertiary/aromatic N) is 2. The zero-order valence-electron chi connectivity index (χ0n) is 11.4. The molecule has 0 spiro atoms. The summed E-state index contributed by atoms with van der Waals surface area (Å²) in [6.45, 7) is 2.01. The number of nitriles is 1. The lowest BCUT2D eigenvalue weighted by Crippen LogP contribution is -2.44. The summed E-state index contributed by atoms with van der Waals surface area (Å²) in [4.78, 5) is 13.8. The average molecular weight is 273 g/mol. The van der Waals surface area contributed by atoms with Crippen molar-refractivity contribution in [1.29, 1.82) is 5.26 Å². The third-order valence-corrected chi connectivity index (χ3v) is 3.66. The van der Waals surface area contributed by atoms with E-state index in [0.717, 1.165) is 18.4 Å². The fourth-order valence-electron chi connectivity index (χ4n) is 2.36. The Hall–Kier alpha value is -2.06. The summed E-state index contributed by atoms with van der Waals surface area (Å²) >= 11 is 0. The van der Waals surface area contributed by atoms with Crippen molar-refractivity contribution in [2.24, 2.45) is 5.92 Å². The Morgan fingerprint density at radius 3 is 2.85 bits per heavy atom. The molecule has 1 aliphatic rings. The number of aliphatic hydroxyl groups is 1. The Balaban J connectivity index is 1.82. The number of nitrogens with one attached hydrogen (secondary N) is 1. The molecule has 1 heterocycles. The van der Waals surface area contributed by atoms with Gasteiger partial charge < -0.3 is 15.3 Å². The van der Waals surface area contributed by atoms with E-state index >= 15 is 0 Å². The highest BCUT2D eigenvalue weighted by atomic mass is 16.3. The molecule has 1 aliphatic heterocycles. The molecule has 1 saturated heterocycles. The summed E-state index contributed by atoms with van der Waals surface area (Å²) in [6.07, 6.45) is 1.71. The molecule has 0 aliphatic carbocycles. The average Bonchev–Trinajstić information content (AvgIpc) is 2.53. The van der Waals surface area contributed by atoms with E-state index in [9.17, 15) is 4.79 Å². The fraction of sp³-hybridized carbons (Fsp3) is 0.467. The molecule has 106 valence electrons. The highest BCUT2D eigenvalue weighted by Crippen LogP contribution is 2.16. The van der Waals surface area contributed by atoms with Crippen LogP contribution in [0.1, 0.15) is 24.0 Å². The predicted molar refractivity (Wildman–Crippen MR) is 74.8 cm³/mol. The van der Waals surface area contributed by atoms with E-state index in [-0.39, 0.29) is 12.6 Å². The van der Waals surface area contributed by atoms with E-state index in [2.05, 4.69) is 11.4 Å². The van der Waals surface area contributed by atoms with Crippen molar-refractivity contribution in [3.8, 4) is 6.07 Å². The third-order valence-electron chi connectivity index (χ3n) is 3.66. The van der Waals surface area contributed by atoms with Crippen LogP contribution in [0.15, 0.2) is 24.3 Å². The summed E-state index contributed by atoms with van der Waals surface area (Å²) < 4.78 is 0. The van der Waals surface area contributed by atoms with Gasteiger partial charge in [-0.15, -0.1) is 0 Å². The van der Waals surface area contributed by atoms with Gasteiger partial charge in [-0.3, -0.25) is 0 Å². The van der Waals surface area contributed by atoms with Crippen molar-refractivity contribution >= 4 is 6.03 Å². The molecule has 2 rings (SSSR count). The maximum absolute atomic E-state index is 12.0. The molecule has 0 atom stereocenters. The molecule has 0 bridgehead atoms. The van der Waals surface area contributed by atoms with Gasteiger partial charge in [0, 0.05) is 26.2 Å². The van der Waals surface area contributed by atoms with Crippen LogP contribution >= 0.6 is 0 Å². The van der Waals surface area contributed by atoms with Crippen LogP contribution in [0.2, 0.25) is 0 Å². The Morgan fingerprint density at radius 2 is 2.20 bits per heavy atom. The number of hydrogen-bond acceptors (Lipinski definition) is 3. The predicted octanol–water partition coefficient (Wildman–Crippen LogP) is 1.47. The number of carbonyl (C=O) groups excluding carboxylic acids is 1. The Kier molecular flexibility index (Phi) is 4.97. The number of carbonyl (C=O) groups is 1. The molecule has 20 heavy (non-hydrogen) atoms. The first-order valence-corrected chi connectivity index (χ1v) is 6.85. The lowest BCUT2D eigenvalue weighted by molar-refractivity contribution is 0.137. The SMILES string of the molecule is N#Cc1cccc(CNC(=O)N2CCC(CO)CC2)c1.